The van der Waals surface area contributed by atoms with Gasteiger partial charge in [-0.1, -0.05) is 18.7 Å². The lowest BCUT2D eigenvalue weighted by molar-refractivity contribution is -0.125. The number of thioether (sulfide) groups is 1. The molecule has 2 N–H and O–H groups in total. The molecule has 0 aromatic carbocycles. The van der Waals surface area contributed by atoms with Gasteiger partial charge in [0.1, 0.15) is 0 Å². The summed E-state index contributed by atoms with van der Waals surface area (Å²) in [5.74, 6) is 0.225. The van der Waals surface area contributed by atoms with E-state index in [9.17, 15) is 9.59 Å². The second-order valence-electron chi connectivity index (χ2n) is 4.75. The number of hydrogen-bond donors (Lipinski definition) is 2. The zero-order chi connectivity index (χ0) is 14.7. The van der Waals surface area contributed by atoms with Gasteiger partial charge in [-0.25, -0.2) is 4.98 Å². The van der Waals surface area contributed by atoms with E-state index in [0.717, 1.165) is 5.69 Å². The maximum absolute atomic E-state index is 12.4. The fourth-order valence-corrected chi connectivity index (χ4v) is 3.41. The highest BCUT2D eigenvalue weighted by Gasteiger charge is 2.27. The molecule has 6 nitrogen and oxygen atoms in total. The first-order valence-corrected chi connectivity index (χ1v) is 7.68. The summed E-state index contributed by atoms with van der Waals surface area (Å²) in [4.78, 5) is 28.8. The van der Waals surface area contributed by atoms with Gasteiger partial charge in [0.2, 0.25) is 5.91 Å². The van der Waals surface area contributed by atoms with Crippen LogP contribution in [0, 0.1) is 12.8 Å². The third kappa shape index (κ3) is 2.88. The van der Waals surface area contributed by atoms with Gasteiger partial charge >= 0.3 is 0 Å². The Morgan fingerprint density at radius 3 is 3.00 bits per heavy atom. The van der Waals surface area contributed by atoms with E-state index in [2.05, 4.69) is 10.3 Å². The Morgan fingerprint density at radius 1 is 1.60 bits per heavy atom. The second-order valence-corrected chi connectivity index (χ2v) is 5.74. The molecular weight excluding hydrogens is 278 g/mol. The lowest BCUT2D eigenvalue weighted by Crippen LogP contribution is -2.41. The van der Waals surface area contributed by atoms with E-state index in [4.69, 9.17) is 5.11 Å². The standard InChI is InChI=1S/C13H19N3O3S/c1-3-10-8(2)15-13-16(12(10)19)6-9(7-20-13)11(18)14-4-5-17/h9,17H,3-7H2,1-2H3,(H,14,18). The predicted molar refractivity (Wildman–Crippen MR) is 76.9 cm³/mol. The Kier molecular flexibility index (Phi) is 4.82. The van der Waals surface area contributed by atoms with Gasteiger partial charge in [0.15, 0.2) is 5.16 Å². The largest absolute Gasteiger partial charge is 0.395 e. The fourth-order valence-electron chi connectivity index (χ4n) is 2.28. The Balaban J connectivity index is 2.25. The smallest absolute Gasteiger partial charge is 0.257 e. The normalized spacial score (nSPS) is 17.6. The van der Waals surface area contributed by atoms with Gasteiger partial charge in [-0.15, -0.1) is 0 Å². The number of nitrogens with zero attached hydrogens (tertiary/aromatic N) is 2. The second kappa shape index (κ2) is 6.41. The van der Waals surface area contributed by atoms with Crippen LogP contribution in [0.4, 0.5) is 0 Å². The number of carbonyl (C=O) groups excluding carboxylic acids is 1. The molecule has 1 aliphatic heterocycles. The molecule has 1 amide bonds. The quantitative estimate of drug-likeness (QED) is 0.761. The van der Waals surface area contributed by atoms with Crippen molar-refractivity contribution < 1.29 is 9.90 Å². The monoisotopic (exact) mass is 297 g/mol. The Labute approximate surface area is 121 Å². The van der Waals surface area contributed by atoms with Crippen molar-refractivity contribution in [2.75, 3.05) is 18.9 Å². The molecule has 0 bridgehead atoms. The van der Waals surface area contributed by atoms with Gasteiger partial charge in [0.25, 0.3) is 5.56 Å². The van der Waals surface area contributed by atoms with Crippen molar-refractivity contribution in [3.63, 3.8) is 0 Å². The fraction of sp³-hybridized carbons (Fsp3) is 0.615. The molecule has 20 heavy (non-hydrogen) atoms. The summed E-state index contributed by atoms with van der Waals surface area (Å²) in [6, 6.07) is 0. The number of aliphatic hydroxyl groups is 1. The van der Waals surface area contributed by atoms with Crippen LogP contribution in [0.2, 0.25) is 0 Å². The maximum atomic E-state index is 12.4. The number of hydrogen-bond acceptors (Lipinski definition) is 5. The highest BCUT2D eigenvalue weighted by atomic mass is 32.2. The van der Waals surface area contributed by atoms with Gasteiger partial charge < -0.3 is 10.4 Å². The van der Waals surface area contributed by atoms with Crippen LogP contribution in [0.1, 0.15) is 18.2 Å². The zero-order valence-corrected chi connectivity index (χ0v) is 12.5. The summed E-state index contributed by atoms with van der Waals surface area (Å²) >= 11 is 1.43. The summed E-state index contributed by atoms with van der Waals surface area (Å²) in [7, 11) is 0. The predicted octanol–water partition coefficient (Wildman–Crippen LogP) is -0.0555. The van der Waals surface area contributed by atoms with Gasteiger partial charge in [-0.2, -0.15) is 0 Å². The summed E-state index contributed by atoms with van der Waals surface area (Å²) in [5.41, 5.74) is 1.45. The van der Waals surface area contributed by atoms with E-state index < -0.39 is 0 Å². The van der Waals surface area contributed by atoms with Crippen molar-refractivity contribution in [3.05, 3.63) is 21.6 Å². The SMILES string of the molecule is CCc1c(C)nc2n(c1=O)CC(C(=O)NCCO)CS2. The van der Waals surface area contributed by atoms with Crippen molar-refractivity contribution >= 4 is 17.7 Å². The Bertz CT molecular complexity index is 571. The molecule has 0 aliphatic carbocycles. The minimum absolute atomic E-state index is 0.0397. The van der Waals surface area contributed by atoms with Crippen molar-refractivity contribution in [3.8, 4) is 0 Å². The third-order valence-electron chi connectivity index (χ3n) is 3.39. The van der Waals surface area contributed by atoms with Crippen LogP contribution >= 0.6 is 11.8 Å². The summed E-state index contributed by atoms with van der Waals surface area (Å²) in [5, 5.41) is 12.1. The molecule has 110 valence electrons. The molecule has 0 saturated heterocycles. The topological polar surface area (TPSA) is 84.2 Å². The third-order valence-corrected chi connectivity index (χ3v) is 4.53. The van der Waals surface area contributed by atoms with Crippen molar-refractivity contribution in [2.45, 2.75) is 32.0 Å². The first-order chi connectivity index (χ1) is 9.58. The van der Waals surface area contributed by atoms with Crippen molar-refractivity contribution in [1.82, 2.24) is 14.9 Å². The number of rotatable bonds is 4. The van der Waals surface area contributed by atoms with Gasteiger partial charge in [-0.05, 0) is 13.3 Å². The molecule has 0 saturated carbocycles. The zero-order valence-electron chi connectivity index (χ0n) is 11.7. The lowest BCUT2D eigenvalue weighted by atomic mass is 10.1. The number of fused-ring (bicyclic) bond motifs is 1. The Hall–Kier alpha value is -1.34. The van der Waals surface area contributed by atoms with Crippen LogP contribution in [0.3, 0.4) is 0 Å². The first kappa shape index (κ1) is 15.1. The van der Waals surface area contributed by atoms with Crippen LogP contribution in [-0.4, -0.2) is 39.5 Å². The lowest BCUT2D eigenvalue weighted by Gasteiger charge is -2.25. The van der Waals surface area contributed by atoms with E-state index in [1.54, 1.807) is 4.57 Å². The maximum Gasteiger partial charge on any atom is 0.257 e. The summed E-state index contributed by atoms with van der Waals surface area (Å²) in [6.07, 6.45) is 0.643. The molecule has 1 unspecified atom stereocenters. The van der Waals surface area contributed by atoms with Crippen molar-refractivity contribution in [1.29, 1.82) is 0 Å². The highest BCUT2D eigenvalue weighted by molar-refractivity contribution is 7.99. The van der Waals surface area contributed by atoms with E-state index in [1.807, 2.05) is 13.8 Å². The van der Waals surface area contributed by atoms with Crippen LogP contribution in [0.25, 0.3) is 0 Å². The van der Waals surface area contributed by atoms with E-state index in [1.165, 1.54) is 11.8 Å². The van der Waals surface area contributed by atoms with E-state index in [-0.39, 0.29) is 30.5 Å². The molecule has 1 aliphatic rings. The Morgan fingerprint density at radius 2 is 2.35 bits per heavy atom. The minimum atomic E-state index is -0.258. The molecule has 2 rings (SSSR count). The number of carbonyl (C=O) groups is 1. The molecule has 2 heterocycles. The number of nitrogens with one attached hydrogen (secondary N) is 1. The van der Waals surface area contributed by atoms with Crippen molar-refractivity contribution in [2.24, 2.45) is 5.92 Å². The average Bonchev–Trinajstić information content (AvgIpc) is 2.45. The van der Waals surface area contributed by atoms with Crippen LogP contribution in [-0.2, 0) is 17.8 Å². The molecule has 1 atom stereocenters. The highest BCUT2D eigenvalue weighted by Crippen LogP contribution is 2.25. The molecule has 1 aromatic rings. The molecule has 0 spiro atoms. The molecule has 0 radical (unpaired) electrons. The molecule has 7 heteroatoms. The average molecular weight is 297 g/mol. The van der Waals surface area contributed by atoms with Gasteiger partial charge in [-0.3, -0.25) is 14.2 Å². The number of aromatic nitrogens is 2. The van der Waals surface area contributed by atoms with E-state index in [0.29, 0.717) is 29.4 Å². The summed E-state index contributed by atoms with van der Waals surface area (Å²) < 4.78 is 1.60. The molecule has 0 fully saturated rings. The van der Waals surface area contributed by atoms with Gasteiger partial charge in [0, 0.05) is 30.1 Å². The minimum Gasteiger partial charge on any atom is -0.395 e. The summed E-state index contributed by atoms with van der Waals surface area (Å²) in [6.45, 7) is 4.30. The number of amides is 1. The van der Waals surface area contributed by atoms with Crippen LogP contribution in [0.15, 0.2) is 9.95 Å². The number of aliphatic hydroxyl groups excluding tert-OH is 1. The number of aryl methyl sites for hydroxylation is 1. The first-order valence-electron chi connectivity index (χ1n) is 6.70. The van der Waals surface area contributed by atoms with E-state index >= 15 is 0 Å². The molecular formula is C13H19N3O3S. The van der Waals surface area contributed by atoms with Crippen LogP contribution < -0.4 is 10.9 Å². The van der Waals surface area contributed by atoms with Gasteiger partial charge in [0.05, 0.1) is 12.5 Å². The molecule has 1 aromatic heterocycles. The van der Waals surface area contributed by atoms with Crippen LogP contribution in [0.5, 0.6) is 0 Å².